The second-order valence-corrected chi connectivity index (χ2v) is 7.39. The number of carbonyl (C=O) groups is 2. The lowest BCUT2D eigenvalue weighted by Gasteiger charge is -2.24. The molecule has 1 saturated heterocycles. The number of ether oxygens (including phenoxy) is 2. The molecular formula is C17H33N5O4. The molecule has 1 aliphatic heterocycles. The SMILES string of the molecule is CCNC(=NCC(=O)N(C)C)NC1CN(C(=O)OC(C)(C)C)C[C@@H]1OC. The molecule has 0 saturated carbocycles. The molecule has 1 aliphatic rings. The van der Waals surface area contributed by atoms with E-state index in [4.69, 9.17) is 9.47 Å². The smallest absolute Gasteiger partial charge is 0.410 e. The zero-order valence-corrected chi connectivity index (χ0v) is 17.0. The third-order valence-electron chi connectivity index (χ3n) is 3.76. The van der Waals surface area contributed by atoms with E-state index in [0.717, 1.165) is 0 Å². The number of likely N-dealkylation sites (tertiary alicyclic amines) is 1. The molecule has 0 aromatic rings. The number of nitrogens with one attached hydrogen (secondary N) is 2. The summed E-state index contributed by atoms with van der Waals surface area (Å²) in [5.74, 6) is 0.424. The number of aliphatic imine (C=N–C) groups is 1. The van der Waals surface area contributed by atoms with Crippen molar-refractivity contribution >= 4 is 18.0 Å². The van der Waals surface area contributed by atoms with E-state index >= 15 is 0 Å². The minimum atomic E-state index is -0.548. The number of hydrogen-bond donors (Lipinski definition) is 2. The second-order valence-electron chi connectivity index (χ2n) is 7.39. The van der Waals surface area contributed by atoms with Crippen molar-refractivity contribution in [1.29, 1.82) is 0 Å². The molecule has 9 heteroatoms. The van der Waals surface area contributed by atoms with Crippen LogP contribution >= 0.6 is 0 Å². The first kappa shape index (κ1) is 22.0. The Kier molecular flexibility index (Phi) is 8.13. The lowest BCUT2D eigenvalue weighted by atomic mass is 10.2. The molecule has 9 nitrogen and oxygen atoms in total. The highest BCUT2D eigenvalue weighted by atomic mass is 16.6. The molecule has 0 aromatic heterocycles. The molecule has 2 amide bonds. The van der Waals surface area contributed by atoms with Gasteiger partial charge in [-0.1, -0.05) is 0 Å². The first-order chi connectivity index (χ1) is 12.1. The van der Waals surface area contributed by atoms with Gasteiger partial charge in [-0.2, -0.15) is 0 Å². The molecule has 0 aromatic carbocycles. The summed E-state index contributed by atoms with van der Waals surface area (Å²) >= 11 is 0. The van der Waals surface area contributed by atoms with Crippen LogP contribution in [0.1, 0.15) is 27.7 Å². The summed E-state index contributed by atoms with van der Waals surface area (Å²) in [7, 11) is 4.99. The van der Waals surface area contributed by atoms with Gasteiger partial charge in [-0.25, -0.2) is 9.79 Å². The average Bonchev–Trinajstić information content (AvgIpc) is 2.93. The first-order valence-corrected chi connectivity index (χ1v) is 8.83. The van der Waals surface area contributed by atoms with Gasteiger partial charge in [-0.15, -0.1) is 0 Å². The van der Waals surface area contributed by atoms with Crippen LogP contribution in [0.15, 0.2) is 4.99 Å². The maximum Gasteiger partial charge on any atom is 0.410 e. The van der Waals surface area contributed by atoms with Gasteiger partial charge in [-0.05, 0) is 27.7 Å². The fourth-order valence-corrected chi connectivity index (χ4v) is 2.41. The summed E-state index contributed by atoms with van der Waals surface area (Å²) in [5.41, 5.74) is -0.548. The van der Waals surface area contributed by atoms with Gasteiger partial charge in [0.05, 0.1) is 18.7 Å². The monoisotopic (exact) mass is 371 g/mol. The zero-order valence-electron chi connectivity index (χ0n) is 17.0. The first-order valence-electron chi connectivity index (χ1n) is 8.83. The highest BCUT2D eigenvalue weighted by molar-refractivity contribution is 5.85. The van der Waals surface area contributed by atoms with E-state index in [2.05, 4.69) is 15.6 Å². The highest BCUT2D eigenvalue weighted by Crippen LogP contribution is 2.17. The van der Waals surface area contributed by atoms with Gasteiger partial charge in [0, 0.05) is 34.3 Å². The normalized spacial score (nSPS) is 20.7. The van der Waals surface area contributed by atoms with Crippen LogP contribution in [-0.2, 0) is 14.3 Å². The number of carbonyl (C=O) groups excluding carboxylic acids is 2. The maximum atomic E-state index is 12.3. The fourth-order valence-electron chi connectivity index (χ4n) is 2.41. The van der Waals surface area contributed by atoms with E-state index in [9.17, 15) is 9.59 Å². The molecule has 0 spiro atoms. The van der Waals surface area contributed by atoms with Gasteiger partial charge < -0.3 is 29.9 Å². The standard InChI is InChI=1S/C17H33N5O4/c1-8-18-15(19-9-14(23)21(5)6)20-12-10-22(11-13(12)25-7)16(24)26-17(2,3)4/h12-13H,8-11H2,1-7H3,(H2,18,19,20)/t12?,13-/m0/s1. The van der Waals surface area contributed by atoms with Crippen molar-refractivity contribution in [3.05, 3.63) is 0 Å². The number of guanidine groups is 1. The lowest BCUT2D eigenvalue weighted by molar-refractivity contribution is -0.127. The van der Waals surface area contributed by atoms with Gasteiger partial charge in [0.2, 0.25) is 5.91 Å². The van der Waals surface area contributed by atoms with Gasteiger partial charge >= 0.3 is 6.09 Å². The highest BCUT2D eigenvalue weighted by Gasteiger charge is 2.37. The van der Waals surface area contributed by atoms with Crippen molar-refractivity contribution in [1.82, 2.24) is 20.4 Å². The Hall–Kier alpha value is -2.03. The van der Waals surface area contributed by atoms with Crippen LogP contribution in [0, 0.1) is 0 Å². The average molecular weight is 371 g/mol. The van der Waals surface area contributed by atoms with Crippen molar-refractivity contribution in [3.8, 4) is 0 Å². The largest absolute Gasteiger partial charge is 0.444 e. The summed E-state index contributed by atoms with van der Waals surface area (Å²) in [5, 5.41) is 6.36. The fraction of sp³-hybridized carbons (Fsp3) is 0.824. The van der Waals surface area contributed by atoms with Crippen molar-refractivity contribution in [3.63, 3.8) is 0 Å². The molecule has 2 N–H and O–H groups in total. The van der Waals surface area contributed by atoms with Gasteiger partial charge in [0.15, 0.2) is 5.96 Å². The molecule has 0 aliphatic carbocycles. The van der Waals surface area contributed by atoms with Crippen LogP contribution in [0.25, 0.3) is 0 Å². The molecular weight excluding hydrogens is 338 g/mol. The predicted molar refractivity (Wildman–Crippen MR) is 100 cm³/mol. The van der Waals surface area contributed by atoms with E-state index in [-0.39, 0.29) is 30.7 Å². The number of nitrogens with zero attached hydrogens (tertiary/aromatic N) is 3. The summed E-state index contributed by atoms with van der Waals surface area (Å²) in [6.07, 6.45) is -0.565. The quantitative estimate of drug-likeness (QED) is 0.532. The molecule has 0 radical (unpaired) electrons. The number of methoxy groups -OCH3 is 1. The van der Waals surface area contributed by atoms with Crippen LogP contribution in [0.4, 0.5) is 4.79 Å². The third-order valence-corrected chi connectivity index (χ3v) is 3.76. The predicted octanol–water partition coefficient (Wildman–Crippen LogP) is 0.264. The lowest BCUT2D eigenvalue weighted by Crippen LogP contribution is -2.49. The Balaban J connectivity index is 2.76. The molecule has 1 fully saturated rings. The topological polar surface area (TPSA) is 95.5 Å². The van der Waals surface area contributed by atoms with Crippen molar-refractivity contribution in [2.45, 2.75) is 45.4 Å². The Morgan fingerprint density at radius 2 is 1.92 bits per heavy atom. The third kappa shape index (κ3) is 7.07. The van der Waals surface area contributed by atoms with Gasteiger partial charge in [-0.3, -0.25) is 4.79 Å². The second kappa shape index (κ2) is 9.61. The van der Waals surface area contributed by atoms with Crippen LogP contribution in [-0.4, -0.2) is 92.9 Å². The molecule has 2 atom stereocenters. The maximum absolute atomic E-state index is 12.3. The van der Waals surface area contributed by atoms with E-state index in [0.29, 0.717) is 25.6 Å². The number of amides is 2. The molecule has 1 unspecified atom stereocenters. The summed E-state index contributed by atoms with van der Waals surface area (Å²) in [6, 6.07) is -0.153. The van der Waals surface area contributed by atoms with Crippen LogP contribution in [0.2, 0.25) is 0 Å². The van der Waals surface area contributed by atoms with Crippen LogP contribution in [0.3, 0.4) is 0 Å². The number of rotatable bonds is 5. The molecule has 1 rings (SSSR count). The Morgan fingerprint density at radius 3 is 2.42 bits per heavy atom. The van der Waals surface area contributed by atoms with Gasteiger partial charge in [0.1, 0.15) is 12.1 Å². The van der Waals surface area contributed by atoms with Crippen molar-refractivity contribution in [2.75, 3.05) is 47.4 Å². The van der Waals surface area contributed by atoms with E-state index < -0.39 is 5.60 Å². The Morgan fingerprint density at radius 1 is 1.27 bits per heavy atom. The molecule has 26 heavy (non-hydrogen) atoms. The number of likely N-dealkylation sites (N-methyl/N-ethyl adjacent to an activating group) is 1. The van der Waals surface area contributed by atoms with Crippen molar-refractivity contribution in [2.24, 2.45) is 4.99 Å². The summed E-state index contributed by atoms with van der Waals surface area (Å²) in [4.78, 5) is 31.5. The van der Waals surface area contributed by atoms with Crippen molar-refractivity contribution < 1.29 is 19.1 Å². The van der Waals surface area contributed by atoms with Crippen LogP contribution < -0.4 is 10.6 Å². The molecule has 150 valence electrons. The summed E-state index contributed by atoms with van der Waals surface area (Å²) in [6.45, 7) is 9.01. The van der Waals surface area contributed by atoms with Gasteiger partial charge in [0.25, 0.3) is 0 Å². The van der Waals surface area contributed by atoms with E-state index in [1.807, 2.05) is 27.7 Å². The summed E-state index contributed by atoms with van der Waals surface area (Å²) < 4.78 is 10.9. The van der Waals surface area contributed by atoms with E-state index in [1.54, 1.807) is 26.1 Å². The Labute approximate surface area is 156 Å². The van der Waals surface area contributed by atoms with E-state index in [1.165, 1.54) is 4.90 Å². The zero-order chi connectivity index (χ0) is 19.9. The minimum Gasteiger partial charge on any atom is -0.444 e. The minimum absolute atomic E-state index is 0.0441. The van der Waals surface area contributed by atoms with Crippen LogP contribution in [0.5, 0.6) is 0 Å². The number of hydrogen-bond acceptors (Lipinski definition) is 5. The Bertz CT molecular complexity index is 516. The molecule has 1 heterocycles. The molecule has 0 bridgehead atoms.